The van der Waals surface area contributed by atoms with Crippen LogP contribution in [0.3, 0.4) is 0 Å². The van der Waals surface area contributed by atoms with Crippen molar-refractivity contribution >= 4 is 11.8 Å². The molecule has 2 N–H and O–H groups in total. The van der Waals surface area contributed by atoms with Gasteiger partial charge in [0.2, 0.25) is 0 Å². The topological polar surface area (TPSA) is 98.1 Å². The predicted molar refractivity (Wildman–Crippen MR) is 119 cm³/mol. The summed E-state index contributed by atoms with van der Waals surface area (Å²) in [5.41, 5.74) is 2.22. The minimum absolute atomic E-state index is 0.238. The molecule has 1 unspecified atom stereocenters. The van der Waals surface area contributed by atoms with E-state index in [9.17, 15) is 14.0 Å². The van der Waals surface area contributed by atoms with E-state index < -0.39 is 0 Å². The molecule has 0 fully saturated rings. The number of benzene rings is 1. The molecule has 0 saturated carbocycles. The maximum absolute atomic E-state index is 13.2. The first-order valence-electron chi connectivity index (χ1n) is 10.9. The zero-order chi connectivity index (χ0) is 23.4. The van der Waals surface area contributed by atoms with E-state index in [1.807, 2.05) is 18.4 Å². The van der Waals surface area contributed by atoms with Gasteiger partial charge >= 0.3 is 0 Å². The van der Waals surface area contributed by atoms with Crippen LogP contribution >= 0.6 is 0 Å². The Kier molecular flexibility index (Phi) is 6.79. The zero-order valence-electron chi connectivity index (χ0n) is 18.5. The molecule has 8 nitrogen and oxygen atoms in total. The van der Waals surface area contributed by atoms with E-state index in [1.54, 1.807) is 36.7 Å². The third-order valence-electron chi connectivity index (χ3n) is 5.71. The number of ether oxygens (including phenoxy) is 1. The van der Waals surface area contributed by atoms with E-state index in [0.717, 1.165) is 5.56 Å². The maximum Gasteiger partial charge on any atom is 0.268 e. The van der Waals surface area contributed by atoms with Crippen LogP contribution in [0, 0.1) is 5.82 Å². The van der Waals surface area contributed by atoms with Gasteiger partial charge in [0.15, 0.2) is 0 Å². The number of fused-ring (bicyclic) bond motifs is 1. The standard InChI is InChI=1S/C24H26FN5O3/c1-3-19(22-26-9-4-10-27-22)29-23(31)18-13-20(30-11-12-33-14-21(18)30)24(32)28-15(2)16-5-7-17(25)8-6-16/h4-10,13,15,19H,3,11-12,14H2,1-2H3,(H,28,32)(H,29,31)/t15-,19?/m1/s1. The zero-order valence-corrected chi connectivity index (χ0v) is 18.5. The lowest BCUT2D eigenvalue weighted by atomic mass is 10.1. The third kappa shape index (κ3) is 4.93. The molecule has 0 spiro atoms. The molecule has 33 heavy (non-hydrogen) atoms. The summed E-state index contributed by atoms with van der Waals surface area (Å²) >= 11 is 0. The molecule has 4 rings (SSSR count). The van der Waals surface area contributed by atoms with Gasteiger partial charge in [0.25, 0.3) is 11.8 Å². The van der Waals surface area contributed by atoms with Gasteiger partial charge in [0.05, 0.1) is 36.6 Å². The number of carbonyl (C=O) groups excluding carboxylic acids is 2. The molecule has 172 valence electrons. The Morgan fingerprint density at radius 2 is 1.88 bits per heavy atom. The highest BCUT2D eigenvalue weighted by atomic mass is 19.1. The Bertz CT molecular complexity index is 1130. The third-order valence-corrected chi connectivity index (χ3v) is 5.71. The fraction of sp³-hybridized carbons (Fsp3) is 0.333. The van der Waals surface area contributed by atoms with Gasteiger partial charge < -0.3 is 19.9 Å². The largest absolute Gasteiger partial charge is 0.373 e. The predicted octanol–water partition coefficient (Wildman–Crippen LogP) is 3.32. The summed E-state index contributed by atoms with van der Waals surface area (Å²) in [6, 6.07) is 8.63. The molecule has 0 aliphatic carbocycles. The molecule has 3 heterocycles. The summed E-state index contributed by atoms with van der Waals surface area (Å²) in [4.78, 5) is 34.8. The van der Waals surface area contributed by atoms with Crippen molar-refractivity contribution in [3.05, 3.63) is 82.9 Å². The van der Waals surface area contributed by atoms with E-state index >= 15 is 0 Å². The molecule has 2 amide bonds. The van der Waals surface area contributed by atoms with Crippen LogP contribution in [0.5, 0.6) is 0 Å². The minimum atomic E-state index is -0.352. The van der Waals surface area contributed by atoms with Crippen molar-refractivity contribution in [1.82, 2.24) is 25.2 Å². The second kappa shape index (κ2) is 9.91. The van der Waals surface area contributed by atoms with Gasteiger partial charge in [-0.2, -0.15) is 0 Å². The number of hydrogen-bond donors (Lipinski definition) is 2. The van der Waals surface area contributed by atoms with E-state index in [0.29, 0.717) is 42.3 Å². The summed E-state index contributed by atoms with van der Waals surface area (Å²) in [6.07, 6.45) is 3.89. The van der Waals surface area contributed by atoms with Crippen molar-refractivity contribution in [3.8, 4) is 0 Å². The highest BCUT2D eigenvalue weighted by Gasteiger charge is 2.28. The average Bonchev–Trinajstić information content (AvgIpc) is 3.23. The molecule has 9 heteroatoms. The van der Waals surface area contributed by atoms with E-state index in [-0.39, 0.29) is 36.3 Å². The molecule has 2 atom stereocenters. The first-order chi connectivity index (χ1) is 16.0. The normalized spacial score (nSPS) is 14.8. The number of halogens is 1. The molecule has 1 aliphatic rings. The van der Waals surface area contributed by atoms with Crippen LogP contribution in [0.2, 0.25) is 0 Å². The molecule has 0 radical (unpaired) electrons. The second-order valence-electron chi connectivity index (χ2n) is 7.88. The first-order valence-corrected chi connectivity index (χ1v) is 10.9. The molecule has 3 aromatic rings. The van der Waals surface area contributed by atoms with Crippen LogP contribution in [-0.2, 0) is 17.9 Å². The number of carbonyl (C=O) groups is 2. The summed E-state index contributed by atoms with van der Waals surface area (Å²) in [5, 5.41) is 5.91. The first kappa shape index (κ1) is 22.6. The maximum atomic E-state index is 13.2. The lowest BCUT2D eigenvalue weighted by molar-refractivity contribution is 0.0774. The number of amides is 2. The minimum Gasteiger partial charge on any atom is -0.373 e. The van der Waals surface area contributed by atoms with E-state index in [2.05, 4.69) is 20.6 Å². The van der Waals surface area contributed by atoms with Crippen molar-refractivity contribution in [2.75, 3.05) is 6.61 Å². The van der Waals surface area contributed by atoms with Gasteiger partial charge in [-0.05, 0) is 43.2 Å². The van der Waals surface area contributed by atoms with Crippen LogP contribution in [-0.4, -0.2) is 33.0 Å². The molecule has 0 saturated heterocycles. The number of nitrogens with one attached hydrogen (secondary N) is 2. The average molecular weight is 452 g/mol. The van der Waals surface area contributed by atoms with Gasteiger partial charge in [-0.25, -0.2) is 14.4 Å². The molecular formula is C24H26FN5O3. The Morgan fingerprint density at radius 3 is 2.58 bits per heavy atom. The van der Waals surface area contributed by atoms with Crippen molar-refractivity contribution in [1.29, 1.82) is 0 Å². The van der Waals surface area contributed by atoms with E-state index in [1.165, 1.54) is 12.1 Å². The molecular weight excluding hydrogens is 425 g/mol. The number of hydrogen-bond acceptors (Lipinski definition) is 5. The van der Waals surface area contributed by atoms with Crippen molar-refractivity contribution in [2.24, 2.45) is 0 Å². The Balaban J connectivity index is 1.56. The number of rotatable bonds is 7. The quantitative estimate of drug-likeness (QED) is 0.574. The van der Waals surface area contributed by atoms with Crippen LogP contribution in [0.25, 0.3) is 0 Å². The van der Waals surface area contributed by atoms with Crippen LogP contribution in [0.1, 0.15) is 70.3 Å². The van der Waals surface area contributed by atoms with Gasteiger partial charge in [0, 0.05) is 18.9 Å². The smallest absolute Gasteiger partial charge is 0.268 e. The highest BCUT2D eigenvalue weighted by molar-refractivity contribution is 6.01. The summed E-state index contributed by atoms with van der Waals surface area (Å²) in [6.45, 7) is 4.92. The highest BCUT2D eigenvalue weighted by Crippen LogP contribution is 2.23. The van der Waals surface area contributed by atoms with Crippen molar-refractivity contribution in [3.63, 3.8) is 0 Å². The van der Waals surface area contributed by atoms with Crippen molar-refractivity contribution < 1.29 is 18.7 Å². The second-order valence-corrected chi connectivity index (χ2v) is 7.88. The SMILES string of the molecule is CCC(NC(=O)c1cc(C(=O)N[C@H](C)c2ccc(F)cc2)n2c1COCC2)c1ncccn1. The summed E-state index contributed by atoms with van der Waals surface area (Å²) in [7, 11) is 0. The Morgan fingerprint density at radius 1 is 1.15 bits per heavy atom. The Labute approximate surface area is 191 Å². The number of nitrogens with zero attached hydrogens (tertiary/aromatic N) is 3. The molecule has 2 aromatic heterocycles. The van der Waals surface area contributed by atoms with Gasteiger partial charge in [-0.3, -0.25) is 9.59 Å². The molecule has 1 aliphatic heterocycles. The number of aromatic nitrogens is 3. The molecule has 0 bridgehead atoms. The van der Waals surface area contributed by atoms with Gasteiger partial charge in [-0.1, -0.05) is 19.1 Å². The molecule has 1 aromatic carbocycles. The van der Waals surface area contributed by atoms with E-state index in [4.69, 9.17) is 4.74 Å². The van der Waals surface area contributed by atoms with Gasteiger partial charge in [0.1, 0.15) is 17.3 Å². The summed E-state index contributed by atoms with van der Waals surface area (Å²) < 4.78 is 20.6. The van der Waals surface area contributed by atoms with Crippen LogP contribution in [0.15, 0.2) is 48.8 Å². The fourth-order valence-electron chi connectivity index (χ4n) is 3.89. The monoisotopic (exact) mass is 451 g/mol. The lowest BCUT2D eigenvalue weighted by Crippen LogP contribution is -2.31. The Hall–Kier alpha value is -3.59. The van der Waals surface area contributed by atoms with Gasteiger partial charge in [-0.15, -0.1) is 0 Å². The summed E-state index contributed by atoms with van der Waals surface area (Å²) in [5.74, 6) is -0.426. The lowest BCUT2D eigenvalue weighted by Gasteiger charge is -2.21. The fourth-order valence-corrected chi connectivity index (χ4v) is 3.89. The van der Waals surface area contributed by atoms with Crippen molar-refractivity contribution in [2.45, 2.75) is 45.5 Å². The van der Waals surface area contributed by atoms with Crippen LogP contribution < -0.4 is 10.6 Å². The van der Waals surface area contributed by atoms with Crippen LogP contribution in [0.4, 0.5) is 4.39 Å².